The van der Waals surface area contributed by atoms with Crippen LogP contribution >= 0.6 is 0 Å². The Morgan fingerprint density at radius 3 is 2.04 bits per heavy atom. The molecule has 1 atom stereocenters. The zero-order valence-corrected chi connectivity index (χ0v) is 17.7. The van der Waals surface area contributed by atoms with Gasteiger partial charge in [0.25, 0.3) is 0 Å². The minimum atomic E-state index is -1.94. The van der Waals surface area contributed by atoms with E-state index < -0.39 is 19.7 Å². The van der Waals surface area contributed by atoms with Crippen LogP contribution in [0.1, 0.15) is 36.7 Å². The Hall–Kier alpha value is -2.19. The molecule has 0 heterocycles. The lowest BCUT2D eigenvalue weighted by Gasteiger charge is -2.35. The number of benzene rings is 2. The fourth-order valence-corrected chi connectivity index (χ4v) is 3.20. The molecule has 0 spiro atoms. The lowest BCUT2D eigenvalue weighted by atomic mass is 9.86. The van der Waals surface area contributed by atoms with Crippen LogP contribution in [-0.2, 0) is 10.0 Å². The van der Waals surface area contributed by atoms with Crippen LogP contribution < -0.4 is 0 Å². The first kappa shape index (κ1) is 21.1. The molecule has 27 heavy (non-hydrogen) atoms. The minimum Gasteiger partial charge on any atom is -0.406 e. The smallest absolute Gasteiger partial charge is 0.215 e. The summed E-state index contributed by atoms with van der Waals surface area (Å²) in [5, 5.41) is 11.3. The number of aliphatic hydroxyl groups is 1. The van der Waals surface area contributed by atoms with Crippen LogP contribution in [0.5, 0.6) is 0 Å². The van der Waals surface area contributed by atoms with E-state index in [9.17, 15) is 9.90 Å². The monoisotopic (exact) mass is 380 g/mol. The van der Waals surface area contributed by atoms with E-state index in [0.717, 1.165) is 0 Å². The predicted molar refractivity (Wildman–Crippen MR) is 112 cm³/mol. The van der Waals surface area contributed by atoms with E-state index in [1.165, 1.54) is 0 Å². The summed E-state index contributed by atoms with van der Waals surface area (Å²) in [6.45, 7) is 11.0. The summed E-state index contributed by atoms with van der Waals surface area (Å²) in [5.41, 5.74) is -1.03. The second-order valence-electron chi connectivity index (χ2n) is 8.12. The molecule has 4 heteroatoms. The largest absolute Gasteiger partial charge is 0.406 e. The number of carbonyl (C=O) groups excluding carboxylic acids is 1. The van der Waals surface area contributed by atoms with Crippen molar-refractivity contribution < 1.29 is 14.3 Å². The van der Waals surface area contributed by atoms with Gasteiger partial charge < -0.3 is 9.53 Å². The molecule has 2 aromatic carbocycles. The highest BCUT2D eigenvalue weighted by Crippen LogP contribution is 2.36. The molecule has 0 aliphatic heterocycles. The van der Waals surface area contributed by atoms with Crippen molar-refractivity contribution in [2.24, 2.45) is 0 Å². The van der Waals surface area contributed by atoms with Gasteiger partial charge in [0.05, 0.1) is 6.61 Å². The molecule has 3 nitrogen and oxygen atoms in total. The van der Waals surface area contributed by atoms with Crippen LogP contribution in [0.25, 0.3) is 0 Å². The molecule has 0 aromatic heterocycles. The number of ketones is 1. The highest BCUT2D eigenvalue weighted by atomic mass is 28.4. The summed E-state index contributed by atoms with van der Waals surface area (Å²) >= 11 is 0. The molecule has 0 fully saturated rings. The van der Waals surface area contributed by atoms with Gasteiger partial charge >= 0.3 is 0 Å². The first-order chi connectivity index (χ1) is 12.6. The van der Waals surface area contributed by atoms with Gasteiger partial charge in [0.2, 0.25) is 11.4 Å². The Morgan fingerprint density at radius 1 is 1.00 bits per heavy atom. The van der Waals surface area contributed by atoms with Crippen LogP contribution in [0.4, 0.5) is 0 Å². The Morgan fingerprint density at radius 2 is 1.52 bits per heavy atom. The molecule has 142 valence electrons. The summed E-state index contributed by atoms with van der Waals surface area (Å²) in [6, 6.07) is 17.6. The number of hydrogen-bond donors (Lipinski definition) is 1. The molecule has 0 saturated carbocycles. The molecule has 0 aliphatic rings. The maximum absolute atomic E-state index is 13.0. The second kappa shape index (κ2) is 8.22. The summed E-state index contributed by atoms with van der Waals surface area (Å²) in [6.07, 6.45) is 0. The first-order valence-electron chi connectivity index (χ1n) is 9.10. The zero-order chi connectivity index (χ0) is 20.1. The average Bonchev–Trinajstić information content (AvgIpc) is 2.65. The average molecular weight is 381 g/mol. The van der Waals surface area contributed by atoms with E-state index in [-0.39, 0.29) is 11.6 Å². The number of carbonyl (C=O) groups is 1. The van der Waals surface area contributed by atoms with Crippen LogP contribution in [0.2, 0.25) is 18.1 Å². The fraction of sp³-hybridized carbons (Fsp3) is 0.348. The second-order valence-corrected chi connectivity index (χ2v) is 12.9. The first-order valence-corrected chi connectivity index (χ1v) is 12.0. The topological polar surface area (TPSA) is 46.5 Å². The molecule has 2 aromatic rings. The molecule has 0 bridgehead atoms. The van der Waals surface area contributed by atoms with Crippen molar-refractivity contribution in [3.63, 3.8) is 0 Å². The SMILES string of the molecule is CC(C)(C)[Si](C)(C)OCC#C[C@](O)(C(=O)c1ccccc1)c1ccccc1. The van der Waals surface area contributed by atoms with Crippen molar-refractivity contribution in [2.45, 2.75) is 44.5 Å². The summed E-state index contributed by atoms with van der Waals surface area (Å²) in [7, 11) is -1.94. The maximum atomic E-state index is 13.0. The molecule has 1 N–H and O–H groups in total. The van der Waals surface area contributed by atoms with Gasteiger partial charge in [0.1, 0.15) is 0 Å². The minimum absolute atomic E-state index is 0.0737. The van der Waals surface area contributed by atoms with Crippen LogP contribution in [0.15, 0.2) is 60.7 Å². The van der Waals surface area contributed by atoms with Crippen molar-refractivity contribution in [3.8, 4) is 11.8 Å². The molecule has 0 radical (unpaired) electrons. The fourth-order valence-electron chi connectivity index (χ4n) is 2.33. The molecule has 2 rings (SSSR count). The molecule has 0 unspecified atom stereocenters. The van der Waals surface area contributed by atoms with E-state index in [1.807, 2.05) is 12.1 Å². The highest BCUT2D eigenvalue weighted by Gasteiger charge is 2.38. The standard InChI is InChI=1S/C23H28O3Si/c1-22(2,3)27(4,5)26-18-12-17-23(25,20-15-10-7-11-16-20)21(24)19-13-8-6-9-14-19/h6-11,13-16,25H,18H2,1-5H3/t23-/m1/s1. The maximum Gasteiger partial charge on any atom is 0.215 e. The third kappa shape index (κ3) is 4.95. The van der Waals surface area contributed by atoms with Gasteiger partial charge in [0, 0.05) is 11.1 Å². The summed E-state index contributed by atoms with van der Waals surface area (Å²) < 4.78 is 6.05. The number of rotatable bonds is 5. The van der Waals surface area contributed by atoms with Crippen molar-refractivity contribution in [3.05, 3.63) is 71.8 Å². The van der Waals surface area contributed by atoms with Crippen molar-refractivity contribution in [1.29, 1.82) is 0 Å². The normalized spacial score (nSPS) is 14.0. The molecule has 0 amide bonds. The van der Waals surface area contributed by atoms with E-state index >= 15 is 0 Å². The lowest BCUT2D eigenvalue weighted by Crippen LogP contribution is -2.41. The molecule has 0 aliphatic carbocycles. The highest BCUT2D eigenvalue weighted by molar-refractivity contribution is 6.74. The van der Waals surface area contributed by atoms with Crippen LogP contribution in [-0.4, -0.2) is 25.8 Å². The Labute approximate surface area is 163 Å². The van der Waals surface area contributed by atoms with Crippen molar-refractivity contribution in [1.82, 2.24) is 0 Å². The van der Waals surface area contributed by atoms with Crippen molar-refractivity contribution >= 4 is 14.1 Å². The Balaban J connectivity index is 2.32. The van der Waals surface area contributed by atoms with E-state index in [4.69, 9.17) is 4.43 Å². The van der Waals surface area contributed by atoms with Crippen molar-refractivity contribution in [2.75, 3.05) is 6.61 Å². The van der Waals surface area contributed by atoms with Crippen LogP contribution in [0, 0.1) is 11.8 Å². The Bertz CT molecular complexity index is 827. The molecular formula is C23H28O3Si. The van der Waals surface area contributed by atoms with Gasteiger partial charge in [-0.1, -0.05) is 93.3 Å². The van der Waals surface area contributed by atoms with E-state index in [1.54, 1.807) is 48.5 Å². The third-order valence-electron chi connectivity index (χ3n) is 5.14. The molecule has 0 saturated heterocycles. The van der Waals surface area contributed by atoms with Gasteiger partial charge in [-0.05, 0) is 18.1 Å². The Kier molecular flexibility index (Phi) is 6.43. The van der Waals surface area contributed by atoms with Gasteiger partial charge in [-0.15, -0.1) is 0 Å². The summed E-state index contributed by atoms with van der Waals surface area (Å²) in [4.78, 5) is 13.0. The van der Waals surface area contributed by atoms with E-state index in [0.29, 0.717) is 11.1 Å². The van der Waals surface area contributed by atoms with Crippen LogP contribution in [0.3, 0.4) is 0 Å². The summed E-state index contributed by atoms with van der Waals surface area (Å²) in [5.74, 6) is 5.25. The van der Waals surface area contributed by atoms with Gasteiger partial charge in [-0.2, -0.15) is 0 Å². The zero-order valence-electron chi connectivity index (χ0n) is 16.7. The van der Waals surface area contributed by atoms with Gasteiger partial charge in [-0.25, -0.2) is 0 Å². The van der Waals surface area contributed by atoms with Gasteiger partial charge in [0.15, 0.2) is 8.32 Å². The third-order valence-corrected chi connectivity index (χ3v) is 9.62. The van der Waals surface area contributed by atoms with Gasteiger partial charge in [-0.3, -0.25) is 4.79 Å². The predicted octanol–water partition coefficient (Wildman–Crippen LogP) is 4.78. The molecular weight excluding hydrogens is 352 g/mol. The number of hydrogen-bond acceptors (Lipinski definition) is 3. The number of Topliss-reactive ketones (excluding diaryl/α,β-unsaturated/α-hetero) is 1. The quantitative estimate of drug-likeness (QED) is 0.461. The lowest BCUT2D eigenvalue weighted by molar-refractivity contribution is 0.0553. The van der Waals surface area contributed by atoms with E-state index in [2.05, 4.69) is 45.7 Å².